The summed E-state index contributed by atoms with van der Waals surface area (Å²) in [4.78, 5) is 38.4. The fourth-order valence-corrected chi connectivity index (χ4v) is 4.05. The third-order valence-corrected chi connectivity index (χ3v) is 6.00. The SMILES string of the molecule is Cc1cccc(-n2c(C)cc(/C=C3/NC(=O)N(CC(=O)Nc4ccccc4F)C3=O)c2C)c1C. The smallest absolute Gasteiger partial charge is 0.322 e. The number of nitrogens with zero attached hydrogens (tertiary/aromatic N) is 2. The van der Waals surface area contributed by atoms with Crippen LogP contribution in [-0.2, 0) is 9.59 Å². The summed E-state index contributed by atoms with van der Waals surface area (Å²) in [5.74, 6) is -1.90. The topological polar surface area (TPSA) is 83.4 Å². The van der Waals surface area contributed by atoms with Crippen molar-refractivity contribution in [2.45, 2.75) is 27.7 Å². The molecule has 174 valence electrons. The Hall–Kier alpha value is -4.20. The second-order valence-electron chi connectivity index (χ2n) is 8.29. The summed E-state index contributed by atoms with van der Waals surface area (Å²) in [6.45, 7) is 7.51. The van der Waals surface area contributed by atoms with E-state index in [0.717, 1.165) is 33.1 Å². The van der Waals surface area contributed by atoms with Crippen LogP contribution in [0.2, 0.25) is 0 Å². The fraction of sp³-hybridized carbons (Fsp3) is 0.192. The second kappa shape index (κ2) is 8.97. The molecule has 0 aliphatic carbocycles. The van der Waals surface area contributed by atoms with Crippen LogP contribution in [0.5, 0.6) is 0 Å². The lowest BCUT2D eigenvalue weighted by atomic mass is 10.1. The number of aromatic nitrogens is 1. The Morgan fingerprint density at radius 1 is 1.06 bits per heavy atom. The van der Waals surface area contributed by atoms with Gasteiger partial charge in [-0.2, -0.15) is 0 Å². The van der Waals surface area contributed by atoms with Crippen LogP contribution in [-0.4, -0.2) is 33.9 Å². The van der Waals surface area contributed by atoms with Gasteiger partial charge in [-0.05, 0) is 74.7 Å². The first kappa shape index (κ1) is 23.0. The van der Waals surface area contributed by atoms with Crippen LogP contribution in [0.25, 0.3) is 11.8 Å². The number of rotatable bonds is 5. The molecule has 0 unspecified atom stereocenters. The Morgan fingerprint density at radius 2 is 1.79 bits per heavy atom. The maximum Gasteiger partial charge on any atom is 0.329 e. The lowest BCUT2D eigenvalue weighted by Gasteiger charge is -2.14. The van der Waals surface area contributed by atoms with Crippen molar-refractivity contribution in [3.8, 4) is 5.69 Å². The number of amides is 4. The van der Waals surface area contributed by atoms with Crippen molar-refractivity contribution in [3.05, 3.63) is 88.1 Å². The van der Waals surface area contributed by atoms with Gasteiger partial charge in [0.15, 0.2) is 0 Å². The molecule has 1 aliphatic rings. The summed E-state index contributed by atoms with van der Waals surface area (Å²) in [6.07, 6.45) is 1.61. The van der Waals surface area contributed by atoms with Crippen LogP contribution in [0.1, 0.15) is 28.1 Å². The molecule has 2 heterocycles. The number of aryl methyl sites for hydroxylation is 2. The molecular weight excluding hydrogens is 435 g/mol. The molecular formula is C26H25FN4O3. The molecule has 1 fully saturated rings. The number of benzene rings is 2. The van der Waals surface area contributed by atoms with Gasteiger partial charge in [0.2, 0.25) is 5.91 Å². The molecule has 7 nitrogen and oxygen atoms in total. The molecule has 34 heavy (non-hydrogen) atoms. The summed E-state index contributed by atoms with van der Waals surface area (Å²) in [7, 11) is 0. The van der Waals surface area contributed by atoms with Gasteiger partial charge in [0.05, 0.1) is 5.69 Å². The predicted molar refractivity (Wildman–Crippen MR) is 128 cm³/mol. The first-order valence-corrected chi connectivity index (χ1v) is 10.8. The first-order chi connectivity index (χ1) is 16.2. The Labute approximate surface area is 196 Å². The summed E-state index contributed by atoms with van der Waals surface area (Å²) in [5.41, 5.74) is 6.10. The molecule has 8 heteroatoms. The van der Waals surface area contributed by atoms with Crippen molar-refractivity contribution in [1.82, 2.24) is 14.8 Å². The Morgan fingerprint density at radius 3 is 2.53 bits per heavy atom. The number of halogens is 1. The minimum absolute atomic E-state index is 0.0193. The number of imide groups is 1. The number of hydrogen-bond acceptors (Lipinski definition) is 3. The van der Waals surface area contributed by atoms with Crippen molar-refractivity contribution in [1.29, 1.82) is 0 Å². The van der Waals surface area contributed by atoms with Crippen molar-refractivity contribution < 1.29 is 18.8 Å². The van der Waals surface area contributed by atoms with Gasteiger partial charge in [-0.3, -0.25) is 9.59 Å². The van der Waals surface area contributed by atoms with E-state index in [2.05, 4.69) is 35.1 Å². The number of hydrogen-bond donors (Lipinski definition) is 2. The Bertz CT molecular complexity index is 1360. The van der Waals surface area contributed by atoms with Gasteiger partial charge in [0.25, 0.3) is 5.91 Å². The number of urea groups is 1. The van der Waals surface area contributed by atoms with E-state index in [0.29, 0.717) is 0 Å². The van der Waals surface area contributed by atoms with Gasteiger partial charge in [-0.1, -0.05) is 24.3 Å². The normalized spacial score (nSPS) is 14.6. The van der Waals surface area contributed by atoms with Crippen LogP contribution in [0.4, 0.5) is 14.9 Å². The maximum atomic E-state index is 13.8. The van der Waals surface area contributed by atoms with Crippen LogP contribution in [0.15, 0.2) is 54.2 Å². The quantitative estimate of drug-likeness (QED) is 0.438. The minimum Gasteiger partial charge on any atom is -0.322 e. The van der Waals surface area contributed by atoms with Crippen LogP contribution in [0.3, 0.4) is 0 Å². The number of carbonyl (C=O) groups excluding carboxylic acids is 3. The molecule has 4 rings (SSSR count). The molecule has 0 spiro atoms. The van der Waals surface area contributed by atoms with Crippen molar-refractivity contribution in [3.63, 3.8) is 0 Å². The highest BCUT2D eigenvalue weighted by molar-refractivity contribution is 6.16. The van der Waals surface area contributed by atoms with Gasteiger partial charge in [-0.25, -0.2) is 14.1 Å². The van der Waals surface area contributed by atoms with E-state index in [1.54, 1.807) is 12.1 Å². The predicted octanol–water partition coefficient (Wildman–Crippen LogP) is 4.38. The van der Waals surface area contributed by atoms with E-state index in [4.69, 9.17) is 0 Å². The molecule has 0 bridgehead atoms. The Kier molecular flexibility index (Phi) is 6.06. The molecule has 0 atom stereocenters. The van der Waals surface area contributed by atoms with Crippen LogP contribution < -0.4 is 10.6 Å². The number of carbonyl (C=O) groups is 3. The van der Waals surface area contributed by atoms with Crippen LogP contribution >= 0.6 is 0 Å². The van der Waals surface area contributed by atoms with Gasteiger partial charge in [-0.15, -0.1) is 0 Å². The highest BCUT2D eigenvalue weighted by atomic mass is 19.1. The second-order valence-corrected chi connectivity index (χ2v) is 8.29. The Balaban J connectivity index is 1.56. The monoisotopic (exact) mass is 460 g/mol. The molecule has 0 saturated carbocycles. The molecule has 1 saturated heterocycles. The molecule has 0 radical (unpaired) electrons. The van der Waals surface area contributed by atoms with Gasteiger partial charge < -0.3 is 15.2 Å². The molecule has 1 aliphatic heterocycles. The van der Waals surface area contributed by atoms with Crippen LogP contribution in [0, 0.1) is 33.5 Å². The zero-order chi connectivity index (χ0) is 24.6. The highest BCUT2D eigenvalue weighted by Crippen LogP contribution is 2.27. The zero-order valence-electron chi connectivity index (χ0n) is 19.4. The first-order valence-electron chi connectivity index (χ1n) is 10.8. The highest BCUT2D eigenvalue weighted by Gasteiger charge is 2.35. The molecule has 1 aromatic heterocycles. The minimum atomic E-state index is -0.705. The molecule has 2 aromatic carbocycles. The standard InChI is InChI=1S/C26H25FN4O3/c1-15-8-7-11-23(17(15)3)31-16(2)12-19(18(31)4)13-22-25(33)30(26(34)29-22)14-24(32)28-21-10-6-5-9-20(21)27/h5-13H,14H2,1-4H3,(H,28,32)(H,29,34)/b22-13+. The van der Waals surface area contributed by atoms with E-state index in [1.165, 1.54) is 23.8 Å². The average molecular weight is 461 g/mol. The summed E-state index contributed by atoms with van der Waals surface area (Å²) in [5, 5.41) is 4.91. The zero-order valence-corrected chi connectivity index (χ0v) is 19.4. The lowest BCUT2D eigenvalue weighted by molar-refractivity contribution is -0.127. The van der Waals surface area contributed by atoms with Gasteiger partial charge in [0, 0.05) is 17.1 Å². The molecule has 2 N–H and O–H groups in total. The van der Waals surface area contributed by atoms with Crippen molar-refractivity contribution >= 4 is 29.6 Å². The molecule has 4 amide bonds. The van der Waals surface area contributed by atoms with Crippen molar-refractivity contribution in [2.24, 2.45) is 0 Å². The number of para-hydroxylation sites is 1. The lowest BCUT2D eigenvalue weighted by Crippen LogP contribution is -2.38. The van der Waals surface area contributed by atoms with Gasteiger partial charge >= 0.3 is 6.03 Å². The fourth-order valence-electron chi connectivity index (χ4n) is 4.05. The summed E-state index contributed by atoms with van der Waals surface area (Å²) in [6, 6.07) is 13.0. The summed E-state index contributed by atoms with van der Waals surface area (Å²) < 4.78 is 15.9. The van der Waals surface area contributed by atoms with Gasteiger partial charge in [0.1, 0.15) is 18.1 Å². The van der Waals surface area contributed by atoms with Crippen molar-refractivity contribution in [2.75, 3.05) is 11.9 Å². The average Bonchev–Trinajstić information content (AvgIpc) is 3.21. The third-order valence-electron chi connectivity index (χ3n) is 6.00. The van der Waals surface area contributed by atoms with E-state index in [1.807, 2.05) is 32.0 Å². The number of nitrogens with one attached hydrogen (secondary N) is 2. The summed E-state index contributed by atoms with van der Waals surface area (Å²) >= 11 is 0. The third kappa shape index (κ3) is 4.22. The van der Waals surface area contributed by atoms with E-state index in [9.17, 15) is 18.8 Å². The number of anilines is 1. The largest absolute Gasteiger partial charge is 0.329 e. The van der Waals surface area contributed by atoms with E-state index in [-0.39, 0.29) is 11.4 Å². The van der Waals surface area contributed by atoms with E-state index < -0.39 is 30.2 Å². The molecule has 3 aromatic rings. The maximum absolute atomic E-state index is 13.8. The van der Waals surface area contributed by atoms with E-state index >= 15 is 0 Å².